The van der Waals surface area contributed by atoms with Crippen molar-refractivity contribution < 1.29 is 32.2 Å². The highest BCUT2D eigenvalue weighted by atomic mass is 19.4. The number of piperidine rings is 2. The van der Waals surface area contributed by atoms with E-state index in [-0.39, 0.29) is 12.5 Å². The number of ether oxygens (including phenoxy) is 2. The molecule has 0 aliphatic carbocycles. The third kappa shape index (κ3) is 6.83. The molecule has 2 aliphatic rings. The summed E-state index contributed by atoms with van der Waals surface area (Å²) < 4.78 is 51.6. The van der Waals surface area contributed by atoms with Crippen molar-refractivity contribution in [1.29, 1.82) is 0 Å². The first-order valence-corrected chi connectivity index (χ1v) is 15.2. The van der Waals surface area contributed by atoms with Crippen LogP contribution in [0.15, 0.2) is 97.1 Å². The lowest BCUT2D eigenvalue weighted by atomic mass is 9.69. The molecule has 6 rings (SSSR count). The van der Waals surface area contributed by atoms with Crippen LogP contribution in [0.3, 0.4) is 0 Å². The van der Waals surface area contributed by atoms with E-state index in [1.54, 1.807) is 4.90 Å². The highest BCUT2D eigenvalue weighted by Crippen LogP contribution is 2.44. The average molecular weight is 617 g/mol. The molecule has 2 saturated heterocycles. The second kappa shape index (κ2) is 12.9. The molecule has 9 heteroatoms. The van der Waals surface area contributed by atoms with E-state index < -0.39 is 23.7 Å². The smallest absolute Gasteiger partial charge is 0.489 e. The molecular weight excluding hydrogens is 581 g/mol. The zero-order valence-electron chi connectivity index (χ0n) is 24.8. The Morgan fingerprint density at radius 3 is 2.24 bits per heavy atom. The van der Waals surface area contributed by atoms with Crippen LogP contribution in [-0.4, -0.2) is 60.1 Å². The van der Waals surface area contributed by atoms with Crippen molar-refractivity contribution in [2.45, 2.75) is 44.7 Å². The van der Waals surface area contributed by atoms with Crippen LogP contribution >= 0.6 is 0 Å². The fourth-order valence-corrected chi connectivity index (χ4v) is 6.62. The van der Waals surface area contributed by atoms with Crippen molar-refractivity contribution in [3.05, 3.63) is 114 Å². The molecule has 0 N–H and O–H groups in total. The van der Waals surface area contributed by atoms with Crippen molar-refractivity contribution in [2.24, 2.45) is 5.41 Å². The van der Waals surface area contributed by atoms with Crippen LogP contribution in [0.25, 0.3) is 10.8 Å². The van der Waals surface area contributed by atoms with Gasteiger partial charge in [0.15, 0.2) is 0 Å². The molecule has 4 aromatic rings. The Morgan fingerprint density at radius 2 is 1.47 bits per heavy atom. The molecule has 45 heavy (non-hydrogen) atoms. The number of amides is 1. The first-order chi connectivity index (χ1) is 21.7. The van der Waals surface area contributed by atoms with Gasteiger partial charge in [0.2, 0.25) is 0 Å². The lowest BCUT2D eigenvalue weighted by Gasteiger charge is -2.51. The van der Waals surface area contributed by atoms with Crippen LogP contribution in [0.4, 0.5) is 13.2 Å². The topological polar surface area (TPSA) is 59.1 Å². The standard InChI is InChI=1S/C36H35F3N2O4/c37-36(38,39)34(43)45-32-24-40(23-28-12-5-7-16-31(28)44-25-26-9-2-1-3-10-26)20-17-35(32)18-21-41(22-19-35)33(42)30-15-8-13-27-11-4-6-14-29(27)30/h1-16,32H,17-25H2. The van der Waals surface area contributed by atoms with Gasteiger partial charge in [0.05, 0.1) is 0 Å². The number of likely N-dealkylation sites (tertiary alicyclic amines) is 2. The normalized spacial score (nSPS) is 18.6. The quantitative estimate of drug-likeness (QED) is 0.209. The molecule has 0 saturated carbocycles. The van der Waals surface area contributed by atoms with Gasteiger partial charge >= 0.3 is 12.1 Å². The summed E-state index contributed by atoms with van der Waals surface area (Å²) in [6.07, 6.45) is -4.61. The van der Waals surface area contributed by atoms with E-state index in [0.717, 1.165) is 21.9 Å². The van der Waals surface area contributed by atoms with Gasteiger partial charge in [-0.2, -0.15) is 13.2 Å². The monoisotopic (exact) mass is 616 g/mol. The molecule has 1 unspecified atom stereocenters. The first kappa shape index (κ1) is 30.6. The Balaban J connectivity index is 1.16. The fourth-order valence-electron chi connectivity index (χ4n) is 6.62. The summed E-state index contributed by atoms with van der Waals surface area (Å²) in [6, 6.07) is 30.7. The average Bonchev–Trinajstić information content (AvgIpc) is 3.06. The minimum absolute atomic E-state index is 0.102. The van der Waals surface area contributed by atoms with Gasteiger partial charge in [-0.3, -0.25) is 9.69 Å². The van der Waals surface area contributed by atoms with Crippen molar-refractivity contribution in [1.82, 2.24) is 9.80 Å². The van der Waals surface area contributed by atoms with Crippen LogP contribution in [0.2, 0.25) is 0 Å². The molecule has 234 valence electrons. The maximum atomic E-state index is 13.6. The SMILES string of the molecule is O=C(c1cccc2ccccc12)N1CCC2(CCN(Cc3ccccc3OCc3ccccc3)CC2OC(=O)C(F)(F)F)CC1. The number of alkyl halides is 3. The number of rotatable bonds is 7. The summed E-state index contributed by atoms with van der Waals surface area (Å²) in [5.41, 5.74) is 1.88. The number of fused-ring (bicyclic) bond motifs is 1. The maximum absolute atomic E-state index is 13.6. The van der Waals surface area contributed by atoms with E-state index in [9.17, 15) is 22.8 Å². The van der Waals surface area contributed by atoms with E-state index in [1.165, 1.54) is 0 Å². The molecule has 1 amide bonds. The largest absolute Gasteiger partial charge is 0.490 e. The number of carbonyl (C=O) groups excluding carboxylic acids is 2. The maximum Gasteiger partial charge on any atom is 0.490 e. The van der Waals surface area contributed by atoms with Gasteiger partial charge in [-0.05, 0) is 54.3 Å². The summed E-state index contributed by atoms with van der Waals surface area (Å²) in [7, 11) is 0. The van der Waals surface area contributed by atoms with Crippen molar-refractivity contribution in [3.63, 3.8) is 0 Å². The number of esters is 1. The van der Waals surface area contributed by atoms with E-state index in [0.29, 0.717) is 63.4 Å². The van der Waals surface area contributed by atoms with Crippen LogP contribution in [0.1, 0.15) is 40.7 Å². The third-order valence-electron chi connectivity index (χ3n) is 9.18. The number of hydrogen-bond acceptors (Lipinski definition) is 5. The van der Waals surface area contributed by atoms with Crippen LogP contribution < -0.4 is 4.74 Å². The van der Waals surface area contributed by atoms with Gasteiger partial charge < -0.3 is 14.4 Å². The van der Waals surface area contributed by atoms with Gasteiger partial charge in [0, 0.05) is 42.7 Å². The van der Waals surface area contributed by atoms with E-state index in [4.69, 9.17) is 9.47 Å². The van der Waals surface area contributed by atoms with E-state index in [2.05, 4.69) is 0 Å². The molecule has 2 fully saturated rings. The Hall–Kier alpha value is -4.37. The Bertz CT molecular complexity index is 1650. The van der Waals surface area contributed by atoms with Crippen molar-refractivity contribution in [3.8, 4) is 5.75 Å². The highest BCUT2D eigenvalue weighted by molar-refractivity contribution is 6.07. The Morgan fingerprint density at radius 1 is 0.800 bits per heavy atom. The summed E-state index contributed by atoms with van der Waals surface area (Å²) in [5, 5.41) is 1.83. The molecule has 0 radical (unpaired) electrons. The molecule has 2 heterocycles. The molecule has 1 atom stereocenters. The van der Waals surface area contributed by atoms with Crippen LogP contribution in [-0.2, 0) is 22.7 Å². The summed E-state index contributed by atoms with van der Waals surface area (Å²) in [5.74, 6) is -1.57. The number of carbonyl (C=O) groups is 2. The lowest BCUT2D eigenvalue weighted by Crippen LogP contribution is -2.57. The predicted octanol–water partition coefficient (Wildman–Crippen LogP) is 7.02. The minimum atomic E-state index is -5.09. The second-order valence-corrected chi connectivity index (χ2v) is 11.9. The summed E-state index contributed by atoms with van der Waals surface area (Å²) in [6.45, 7) is 2.35. The number of halogens is 3. The second-order valence-electron chi connectivity index (χ2n) is 11.9. The minimum Gasteiger partial charge on any atom is -0.489 e. The van der Waals surface area contributed by atoms with Gasteiger partial charge in [0.25, 0.3) is 5.91 Å². The van der Waals surface area contributed by atoms with E-state index >= 15 is 0 Å². The summed E-state index contributed by atoms with van der Waals surface area (Å²) >= 11 is 0. The highest BCUT2D eigenvalue weighted by Gasteiger charge is 2.51. The van der Waals surface area contributed by atoms with Gasteiger partial charge in [0.1, 0.15) is 18.5 Å². The molecule has 2 aliphatic heterocycles. The molecule has 1 spiro atoms. The predicted molar refractivity (Wildman–Crippen MR) is 165 cm³/mol. The van der Waals surface area contributed by atoms with Crippen LogP contribution in [0.5, 0.6) is 5.75 Å². The molecular formula is C36H35F3N2O4. The Labute approximate surface area is 260 Å². The Kier molecular flexibility index (Phi) is 8.81. The number of nitrogens with zero attached hydrogens (tertiary/aromatic N) is 2. The third-order valence-corrected chi connectivity index (χ3v) is 9.18. The first-order valence-electron chi connectivity index (χ1n) is 15.2. The molecule has 6 nitrogen and oxygen atoms in total. The zero-order chi connectivity index (χ0) is 31.4. The van der Waals surface area contributed by atoms with Crippen LogP contribution in [0, 0.1) is 5.41 Å². The zero-order valence-corrected chi connectivity index (χ0v) is 24.8. The van der Waals surface area contributed by atoms with Crippen molar-refractivity contribution in [2.75, 3.05) is 26.2 Å². The molecule has 0 bridgehead atoms. The van der Waals surface area contributed by atoms with Crippen molar-refractivity contribution >= 4 is 22.6 Å². The van der Waals surface area contributed by atoms with Gasteiger partial charge in [-0.1, -0.05) is 84.9 Å². The summed E-state index contributed by atoms with van der Waals surface area (Å²) in [4.78, 5) is 29.5. The fraction of sp³-hybridized carbons (Fsp3) is 0.333. The lowest BCUT2D eigenvalue weighted by molar-refractivity contribution is -0.216. The van der Waals surface area contributed by atoms with E-state index in [1.807, 2.05) is 102 Å². The number of para-hydroxylation sites is 1. The van der Waals surface area contributed by atoms with Gasteiger partial charge in [-0.25, -0.2) is 4.79 Å². The molecule has 4 aromatic carbocycles. The number of benzene rings is 4. The molecule has 0 aromatic heterocycles. The van der Waals surface area contributed by atoms with Gasteiger partial charge in [-0.15, -0.1) is 0 Å². The number of hydrogen-bond donors (Lipinski definition) is 0.